The molecule has 3 rings (SSSR count). The van der Waals surface area contributed by atoms with E-state index in [1.165, 1.54) is 32.1 Å². The van der Waals surface area contributed by atoms with Crippen LogP contribution in [0.3, 0.4) is 0 Å². The Morgan fingerprint density at radius 1 is 1.35 bits per heavy atom. The Hall–Kier alpha value is -1.62. The number of aliphatic hydroxyl groups excluding tert-OH is 1. The Bertz CT molecular complexity index is 525. The molecule has 1 aliphatic carbocycles. The van der Waals surface area contributed by atoms with Crippen molar-refractivity contribution in [1.29, 1.82) is 0 Å². The summed E-state index contributed by atoms with van der Waals surface area (Å²) in [6.07, 6.45) is 9.60. The molecule has 0 radical (unpaired) electrons. The minimum absolute atomic E-state index is 0.385. The minimum Gasteiger partial charge on any atom is -0.386 e. The van der Waals surface area contributed by atoms with Gasteiger partial charge in [0.25, 0.3) is 0 Å². The summed E-state index contributed by atoms with van der Waals surface area (Å²) >= 11 is 0. The second-order valence-electron chi connectivity index (χ2n) is 6.87. The number of nitrogens with zero attached hydrogens (tertiary/aromatic N) is 3. The number of nitrogens with one attached hydrogen (secondary N) is 1. The van der Waals surface area contributed by atoms with Crippen molar-refractivity contribution in [2.75, 3.05) is 26.2 Å². The van der Waals surface area contributed by atoms with Gasteiger partial charge in [0.2, 0.25) is 0 Å². The predicted molar refractivity (Wildman–Crippen MR) is 92.3 cm³/mol. The van der Waals surface area contributed by atoms with Crippen LogP contribution >= 0.6 is 0 Å². The summed E-state index contributed by atoms with van der Waals surface area (Å²) < 4.78 is 0. The van der Waals surface area contributed by atoms with Crippen LogP contribution in [0.5, 0.6) is 0 Å². The maximum atomic E-state index is 10.3. The number of aliphatic imine (C=N–C) groups is 1. The maximum absolute atomic E-state index is 10.3. The zero-order valence-electron chi connectivity index (χ0n) is 14.0. The predicted octanol–water partition coefficient (Wildman–Crippen LogP) is 2.35. The van der Waals surface area contributed by atoms with Gasteiger partial charge in [-0.2, -0.15) is 0 Å². The van der Waals surface area contributed by atoms with Gasteiger partial charge in [0.05, 0.1) is 12.6 Å². The van der Waals surface area contributed by atoms with Crippen LogP contribution in [-0.4, -0.2) is 47.1 Å². The number of likely N-dealkylation sites (tertiary alicyclic amines) is 1. The molecule has 126 valence electrons. The maximum Gasteiger partial charge on any atom is 0.194 e. The number of pyridine rings is 1. The molecular weight excluding hydrogens is 288 g/mol. The normalized spacial score (nSPS) is 21.8. The van der Waals surface area contributed by atoms with Gasteiger partial charge in [-0.1, -0.05) is 12.8 Å². The molecule has 1 spiro atoms. The lowest BCUT2D eigenvalue weighted by atomic mass is 9.86. The summed E-state index contributed by atoms with van der Waals surface area (Å²) in [5.41, 5.74) is 1.40. The molecule has 0 amide bonds. The van der Waals surface area contributed by atoms with Crippen LogP contribution in [0.25, 0.3) is 0 Å². The van der Waals surface area contributed by atoms with Gasteiger partial charge in [-0.25, -0.2) is 0 Å². The first-order chi connectivity index (χ1) is 11.2. The number of hydrogen-bond acceptors (Lipinski definition) is 3. The van der Waals surface area contributed by atoms with Crippen LogP contribution < -0.4 is 5.32 Å². The monoisotopic (exact) mass is 316 g/mol. The van der Waals surface area contributed by atoms with E-state index in [-0.39, 0.29) is 0 Å². The van der Waals surface area contributed by atoms with E-state index in [1.807, 2.05) is 12.1 Å². The van der Waals surface area contributed by atoms with Crippen molar-refractivity contribution >= 4 is 5.96 Å². The number of aliphatic hydroxyl groups is 1. The fourth-order valence-electron chi connectivity index (χ4n) is 3.94. The standard InChI is InChI=1S/C18H28N4O/c1-2-20-17(21-13-16(23)15-5-10-19-11-6-15)22-12-9-18(14-22)7-3-4-8-18/h5-6,10-11,16,23H,2-4,7-9,12-14H2,1H3,(H,20,21). The second-order valence-corrected chi connectivity index (χ2v) is 6.87. The van der Waals surface area contributed by atoms with E-state index in [4.69, 9.17) is 0 Å². The highest BCUT2D eigenvalue weighted by molar-refractivity contribution is 5.80. The van der Waals surface area contributed by atoms with Crippen molar-refractivity contribution in [3.05, 3.63) is 30.1 Å². The van der Waals surface area contributed by atoms with Gasteiger partial charge in [-0.15, -0.1) is 0 Å². The molecule has 0 aromatic carbocycles. The van der Waals surface area contributed by atoms with Crippen molar-refractivity contribution in [3.63, 3.8) is 0 Å². The molecule has 1 aromatic rings. The molecule has 1 saturated carbocycles. The van der Waals surface area contributed by atoms with Crippen molar-refractivity contribution in [3.8, 4) is 0 Å². The van der Waals surface area contributed by atoms with Gasteiger partial charge >= 0.3 is 0 Å². The Morgan fingerprint density at radius 2 is 2.09 bits per heavy atom. The van der Waals surface area contributed by atoms with Crippen LogP contribution in [0.4, 0.5) is 0 Å². The summed E-state index contributed by atoms with van der Waals surface area (Å²) in [4.78, 5) is 11.1. The average Bonchev–Trinajstić information content (AvgIpc) is 3.22. The SMILES string of the molecule is CCNC(=NCC(O)c1ccncc1)N1CCC2(CCCC2)C1. The molecule has 5 nitrogen and oxygen atoms in total. The van der Waals surface area contributed by atoms with E-state index in [9.17, 15) is 5.11 Å². The number of aromatic nitrogens is 1. The quantitative estimate of drug-likeness (QED) is 0.661. The lowest BCUT2D eigenvalue weighted by molar-refractivity contribution is 0.186. The lowest BCUT2D eigenvalue weighted by Crippen LogP contribution is -2.41. The molecule has 2 aliphatic rings. The zero-order valence-corrected chi connectivity index (χ0v) is 14.0. The van der Waals surface area contributed by atoms with Crippen LogP contribution in [0, 0.1) is 5.41 Å². The lowest BCUT2D eigenvalue weighted by Gasteiger charge is -2.26. The first-order valence-electron chi connectivity index (χ1n) is 8.84. The van der Waals surface area contributed by atoms with Gasteiger partial charge < -0.3 is 15.3 Å². The van der Waals surface area contributed by atoms with Gasteiger partial charge in [-0.3, -0.25) is 9.98 Å². The van der Waals surface area contributed by atoms with Crippen molar-refractivity contribution < 1.29 is 5.11 Å². The molecule has 1 aliphatic heterocycles. The largest absolute Gasteiger partial charge is 0.386 e. The van der Waals surface area contributed by atoms with Crippen LogP contribution in [-0.2, 0) is 0 Å². The first-order valence-corrected chi connectivity index (χ1v) is 8.84. The molecule has 5 heteroatoms. The number of hydrogen-bond donors (Lipinski definition) is 2. The fourth-order valence-corrected chi connectivity index (χ4v) is 3.94. The van der Waals surface area contributed by atoms with Crippen LogP contribution in [0.1, 0.15) is 50.7 Å². The second kappa shape index (κ2) is 7.30. The summed E-state index contributed by atoms with van der Waals surface area (Å²) in [6.45, 7) is 5.53. The molecule has 1 unspecified atom stereocenters. The van der Waals surface area contributed by atoms with E-state index in [2.05, 4.69) is 27.1 Å². The third-order valence-corrected chi connectivity index (χ3v) is 5.24. The van der Waals surface area contributed by atoms with Crippen molar-refractivity contribution in [1.82, 2.24) is 15.2 Å². The summed E-state index contributed by atoms with van der Waals surface area (Å²) in [6, 6.07) is 3.69. The van der Waals surface area contributed by atoms with Gasteiger partial charge in [-0.05, 0) is 49.3 Å². The van der Waals surface area contributed by atoms with Gasteiger partial charge in [0.15, 0.2) is 5.96 Å². The Morgan fingerprint density at radius 3 is 2.78 bits per heavy atom. The molecular formula is C18H28N4O. The van der Waals surface area contributed by atoms with Crippen LogP contribution in [0.2, 0.25) is 0 Å². The summed E-state index contributed by atoms with van der Waals surface area (Å²) in [7, 11) is 0. The number of rotatable bonds is 4. The van der Waals surface area contributed by atoms with Crippen molar-refractivity contribution in [2.45, 2.75) is 45.1 Å². The summed E-state index contributed by atoms with van der Waals surface area (Å²) in [5.74, 6) is 0.949. The highest BCUT2D eigenvalue weighted by Gasteiger charge is 2.41. The summed E-state index contributed by atoms with van der Waals surface area (Å²) in [5, 5.41) is 13.7. The van der Waals surface area contributed by atoms with Crippen molar-refractivity contribution in [2.24, 2.45) is 10.4 Å². The molecule has 23 heavy (non-hydrogen) atoms. The van der Waals surface area contributed by atoms with Gasteiger partial charge in [0, 0.05) is 32.0 Å². The van der Waals surface area contributed by atoms with E-state index >= 15 is 0 Å². The Labute approximate surface area is 138 Å². The van der Waals surface area contributed by atoms with E-state index in [0.717, 1.165) is 31.2 Å². The molecule has 1 aromatic heterocycles. The zero-order chi connectivity index (χ0) is 16.1. The minimum atomic E-state index is -0.574. The highest BCUT2D eigenvalue weighted by Crippen LogP contribution is 2.45. The molecule has 2 fully saturated rings. The van der Waals surface area contributed by atoms with E-state index < -0.39 is 6.10 Å². The average molecular weight is 316 g/mol. The smallest absolute Gasteiger partial charge is 0.194 e. The van der Waals surface area contributed by atoms with Crippen LogP contribution in [0.15, 0.2) is 29.5 Å². The molecule has 0 bridgehead atoms. The Kier molecular flexibility index (Phi) is 5.16. The molecule has 1 saturated heterocycles. The third-order valence-electron chi connectivity index (χ3n) is 5.24. The first kappa shape index (κ1) is 16.2. The fraction of sp³-hybridized carbons (Fsp3) is 0.667. The molecule has 2 N–H and O–H groups in total. The third kappa shape index (κ3) is 3.83. The topological polar surface area (TPSA) is 60.8 Å². The molecule has 2 heterocycles. The van der Waals surface area contributed by atoms with E-state index in [1.54, 1.807) is 12.4 Å². The number of guanidine groups is 1. The highest BCUT2D eigenvalue weighted by atomic mass is 16.3. The van der Waals surface area contributed by atoms with E-state index in [0.29, 0.717) is 12.0 Å². The van der Waals surface area contributed by atoms with Gasteiger partial charge in [0.1, 0.15) is 0 Å². The molecule has 1 atom stereocenters. The Balaban J connectivity index is 1.64.